The Bertz CT molecular complexity index is 328. The highest BCUT2D eigenvalue weighted by atomic mass is 32.1. The van der Waals surface area contributed by atoms with E-state index in [1.54, 1.807) is 0 Å². The van der Waals surface area contributed by atoms with Gasteiger partial charge in [0.2, 0.25) is 0 Å². The molecule has 2 heterocycles. The molecule has 3 nitrogen and oxygen atoms in total. The molecule has 102 valence electrons. The Kier molecular flexibility index (Phi) is 5.15. The summed E-state index contributed by atoms with van der Waals surface area (Å²) in [5, 5.41) is 3.41. The fourth-order valence-electron chi connectivity index (χ4n) is 3.06. The van der Waals surface area contributed by atoms with Gasteiger partial charge in [-0.15, -0.1) is 11.3 Å². The zero-order chi connectivity index (χ0) is 12.8. The van der Waals surface area contributed by atoms with Crippen molar-refractivity contribution in [1.82, 2.24) is 9.88 Å². The lowest BCUT2D eigenvalue weighted by Gasteiger charge is -2.44. The number of rotatable bonds is 6. The molecule has 4 heteroatoms. The minimum absolute atomic E-state index is 0.154. The van der Waals surface area contributed by atoms with Crippen molar-refractivity contribution in [2.75, 3.05) is 26.3 Å². The van der Waals surface area contributed by atoms with Crippen molar-refractivity contribution in [3.8, 4) is 0 Å². The lowest BCUT2D eigenvalue weighted by atomic mass is 9.86. The minimum Gasteiger partial charge on any atom is -0.379 e. The first kappa shape index (κ1) is 14.0. The summed E-state index contributed by atoms with van der Waals surface area (Å²) in [6, 6.07) is 0. The Morgan fingerprint density at radius 1 is 1.28 bits per heavy atom. The fraction of sp³-hybridized carbons (Fsp3) is 0.786. The maximum absolute atomic E-state index is 5.51. The van der Waals surface area contributed by atoms with Crippen LogP contribution in [0.2, 0.25) is 0 Å². The molecule has 0 aliphatic carbocycles. The molecule has 1 aliphatic rings. The van der Waals surface area contributed by atoms with E-state index in [-0.39, 0.29) is 5.54 Å². The molecule has 0 aromatic carbocycles. The molecular weight excluding hydrogens is 244 g/mol. The SMILES string of the molecule is CCCC(CCC)(c1nccs1)N1CCOCC1. The highest BCUT2D eigenvalue weighted by molar-refractivity contribution is 7.09. The fourth-order valence-corrected chi connectivity index (χ4v) is 3.99. The van der Waals surface area contributed by atoms with Gasteiger partial charge < -0.3 is 4.74 Å². The second-order valence-corrected chi connectivity index (χ2v) is 5.86. The highest BCUT2D eigenvalue weighted by Crippen LogP contribution is 2.39. The van der Waals surface area contributed by atoms with Crippen LogP contribution < -0.4 is 0 Å². The second kappa shape index (κ2) is 6.64. The predicted molar refractivity (Wildman–Crippen MR) is 76.0 cm³/mol. The molecule has 0 atom stereocenters. The average molecular weight is 268 g/mol. The molecule has 1 saturated heterocycles. The third kappa shape index (κ3) is 2.76. The summed E-state index contributed by atoms with van der Waals surface area (Å²) < 4.78 is 5.51. The van der Waals surface area contributed by atoms with Crippen LogP contribution >= 0.6 is 11.3 Å². The molecule has 0 bridgehead atoms. The summed E-state index contributed by atoms with van der Waals surface area (Å²) >= 11 is 1.81. The molecule has 1 aliphatic heterocycles. The Morgan fingerprint density at radius 3 is 2.44 bits per heavy atom. The van der Waals surface area contributed by atoms with Crippen molar-refractivity contribution < 1.29 is 4.74 Å². The van der Waals surface area contributed by atoms with E-state index in [0.717, 1.165) is 26.3 Å². The van der Waals surface area contributed by atoms with Crippen LogP contribution in [0.4, 0.5) is 0 Å². The van der Waals surface area contributed by atoms with E-state index in [4.69, 9.17) is 4.74 Å². The number of aromatic nitrogens is 1. The normalized spacial score (nSPS) is 18.1. The molecule has 0 spiro atoms. The average Bonchev–Trinajstić information content (AvgIpc) is 2.94. The van der Waals surface area contributed by atoms with Crippen molar-refractivity contribution in [1.29, 1.82) is 0 Å². The summed E-state index contributed by atoms with van der Waals surface area (Å²) in [6.45, 7) is 8.36. The Labute approximate surface area is 114 Å². The second-order valence-electron chi connectivity index (χ2n) is 4.97. The van der Waals surface area contributed by atoms with Crippen LogP contribution in [0.5, 0.6) is 0 Å². The molecule has 1 aromatic rings. The smallest absolute Gasteiger partial charge is 0.113 e. The molecule has 0 amide bonds. The van der Waals surface area contributed by atoms with Crippen molar-refractivity contribution in [3.05, 3.63) is 16.6 Å². The lowest BCUT2D eigenvalue weighted by molar-refractivity contribution is -0.0334. The summed E-state index contributed by atoms with van der Waals surface area (Å²) in [5.41, 5.74) is 0.154. The third-order valence-corrected chi connectivity index (χ3v) is 4.74. The number of morpholine rings is 1. The first-order chi connectivity index (χ1) is 8.83. The summed E-state index contributed by atoms with van der Waals surface area (Å²) in [4.78, 5) is 7.25. The number of nitrogens with zero attached hydrogens (tertiary/aromatic N) is 2. The molecule has 1 fully saturated rings. The van der Waals surface area contributed by atoms with Gasteiger partial charge in [0, 0.05) is 24.7 Å². The van der Waals surface area contributed by atoms with Crippen LogP contribution in [-0.2, 0) is 10.3 Å². The molecular formula is C14H24N2OS. The number of hydrogen-bond acceptors (Lipinski definition) is 4. The van der Waals surface area contributed by atoms with Gasteiger partial charge in [-0.2, -0.15) is 0 Å². The zero-order valence-electron chi connectivity index (χ0n) is 11.5. The molecule has 0 radical (unpaired) electrons. The molecule has 0 saturated carbocycles. The van der Waals surface area contributed by atoms with E-state index in [1.165, 1.54) is 30.7 Å². The first-order valence-corrected chi connectivity index (χ1v) is 7.94. The van der Waals surface area contributed by atoms with Gasteiger partial charge in [-0.25, -0.2) is 4.98 Å². The Morgan fingerprint density at radius 2 is 1.94 bits per heavy atom. The van der Waals surface area contributed by atoms with E-state index in [9.17, 15) is 0 Å². The van der Waals surface area contributed by atoms with Gasteiger partial charge in [-0.1, -0.05) is 26.7 Å². The van der Waals surface area contributed by atoms with Gasteiger partial charge in [0.15, 0.2) is 0 Å². The van der Waals surface area contributed by atoms with Crippen LogP contribution in [0.25, 0.3) is 0 Å². The highest BCUT2D eigenvalue weighted by Gasteiger charge is 2.39. The van der Waals surface area contributed by atoms with Gasteiger partial charge in [0.05, 0.1) is 18.8 Å². The van der Waals surface area contributed by atoms with Crippen LogP contribution in [0.1, 0.15) is 44.5 Å². The summed E-state index contributed by atoms with van der Waals surface area (Å²) in [6.07, 6.45) is 6.76. The number of ether oxygens (including phenoxy) is 1. The Hall–Kier alpha value is -0.450. The predicted octanol–water partition coefficient (Wildman–Crippen LogP) is 3.27. The van der Waals surface area contributed by atoms with E-state index >= 15 is 0 Å². The maximum Gasteiger partial charge on any atom is 0.113 e. The first-order valence-electron chi connectivity index (χ1n) is 7.06. The van der Waals surface area contributed by atoms with Gasteiger partial charge in [0.1, 0.15) is 5.01 Å². The van der Waals surface area contributed by atoms with Gasteiger partial charge in [-0.05, 0) is 12.8 Å². The molecule has 0 N–H and O–H groups in total. The van der Waals surface area contributed by atoms with Crippen LogP contribution in [0.3, 0.4) is 0 Å². The van der Waals surface area contributed by atoms with Gasteiger partial charge in [0.25, 0.3) is 0 Å². The molecule has 1 aromatic heterocycles. The van der Waals surface area contributed by atoms with Crippen molar-refractivity contribution >= 4 is 11.3 Å². The monoisotopic (exact) mass is 268 g/mol. The van der Waals surface area contributed by atoms with E-state index in [2.05, 4.69) is 29.1 Å². The van der Waals surface area contributed by atoms with Crippen LogP contribution in [-0.4, -0.2) is 36.2 Å². The maximum atomic E-state index is 5.51. The van der Waals surface area contributed by atoms with Crippen LogP contribution in [0.15, 0.2) is 11.6 Å². The lowest BCUT2D eigenvalue weighted by Crippen LogP contribution is -2.51. The Balaban J connectivity index is 2.29. The van der Waals surface area contributed by atoms with Crippen molar-refractivity contribution in [2.45, 2.75) is 45.1 Å². The molecule has 0 unspecified atom stereocenters. The van der Waals surface area contributed by atoms with Crippen molar-refractivity contribution in [3.63, 3.8) is 0 Å². The molecule has 2 rings (SSSR count). The van der Waals surface area contributed by atoms with Crippen LogP contribution in [0, 0.1) is 0 Å². The minimum atomic E-state index is 0.154. The topological polar surface area (TPSA) is 25.4 Å². The standard InChI is InChI=1S/C14H24N2OS/c1-3-5-14(6-4-2,13-15-7-12-18-13)16-8-10-17-11-9-16/h7,12H,3-6,8-11H2,1-2H3. The summed E-state index contributed by atoms with van der Waals surface area (Å²) in [7, 11) is 0. The van der Waals surface area contributed by atoms with Crippen molar-refractivity contribution in [2.24, 2.45) is 0 Å². The largest absolute Gasteiger partial charge is 0.379 e. The summed E-state index contributed by atoms with van der Waals surface area (Å²) in [5.74, 6) is 0. The number of thiazole rings is 1. The molecule has 18 heavy (non-hydrogen) atoms. The number of hydrogen-bond donors (Lipinski definition) is 0. The third-order valence-electron chi connectivity index (χ3n) is 3.77. The zero-order valence-corrected chi connectivity index (χ0v) is 12.3. The van der Waals surface area contributed by atoms with E-state index in [0.29, 0.717) is 0 Å². The van der Waals surface area contributed by atoms with Gasteiger partial charge >= 0.3 is 0 Å². The van der Waals surface area contributed by atoms with Gasteiger partial charge in [-0.3, -0.25) is 4.90 Å². The van der Waals surface area contributed by atoms with E-state index in [1.807, 2.05) is 17.5 Å². The van der Waals surface area contributed by atoms with E-state index < -0.39 is 0 Å². The quantitative estimate of drug-likeness (QED) is 0.792.